The Hall–Kier alpha value is -1.60. The molecule has 2 aromatic carbocycles. The molecule has 0 saturated carbocycles. The monoisotopic (exact) mass is 437 g/mol. The third kappa shape index (κ3) is 4.68. The van der Waals surface area contributed by atoms with Crippen molar-refractivity contribution in [2.45, 2.75) is 13.1 Å². The van der Waals surface area contributed by atoms with E-state index < -0.39 is 0 Å². The number of rotatable bonds is 4. The second-order valence-corrected chi connectivity index (χ2v) is 6.03. The lowest BCUT2D eigenvalue weighted by Gasteiger charge is -2.12. The Bertz CT molecular complexity index is 764. The average Bonchev–Trinajstić information content (AvgIpc) is 3.08. The number of guanidine groups is 1. The van der Waals surface area contributed by atoms with E-state index in [9.17, 15) is 0 Å². The van der Waals surface area contributed by atoms with Crippen LogP contribution in [0.5, 0.6) is 0 Å². The zero-order chi connectivity index (χ0) is 15.2. The number of nitrogens with one attached hydrogen (secondary N) is 2. The molecule has 0 atom stereocenters. The van der Waals surface area contributed by atoms with E-state index in [1.165, 1.54) is 21.2 Å². The summed E-state index contributed by atoms with van der Waals surface area (Å²) < 4.78 is 0. The van der Waals surface area contributed by atoms with Gasteiger partial charge >= 0.3 is 0 Å². The Morgan fingerprint density at radius 3 is 2.52 bits per heavy atom. The van der Waals surface area contributed by atoms with Gasteiger partial charge in [0.05, 0.1) is 6.54 Å². The molecule has 3 nitrogen and oxygen atoms in total. The van der Waals surface area contributed by atoms with Gasteiger partial charge in [0, 0.05) is 18.5 Å². The van der Waals surface area contributed by atoms with Crippen molar-refractivity contribution in [2.75, 3.05) is 7.05 Å². The van der Waals surface area contributed by atoms with Crippen LogP contribution in [-0.2, 0) is 13.1 Å². The maximum Gasteiger partial charge on any atom is 0.191 e. The molecular formula is C18H20IN3S. The van der Waals surface area contributed by atoms with Crippen LogP contribution in [0.25, 0.3) is 10.8 Å². The molecule has 0 saturated heterocycles. The highest BCUT2D eigenvalue weighted by Crippen LogP contribution is 2.18. The van der Waals surface area contributed by atoms with Crippen molar-refractivity contribution in [2.24, 2.45) is 4.99 Å². The summed E-state index contributed by atoms with van der Waals surface area (Å²) in [6, 6.07) is 19.0. The SMILES string of the molecule is CN=C(NCc1cccs1)NCc1cccc2ccccc12.I. The number of aliphatic imine (C=N–C) groups is 1. The number of nitrogens with zero attached hydrogens (tertiary/aromatic N) is 1. The second kappa shape index (κ2) is 8.88. The summed E-state index contributed by atoms with van der Waals surface area (Å²) in [6.07, 6.45) is 0. The molecule has 2 N–H and O–H groups in total. The van der Waals surface area contributed by atoms with Crippen LogP contribution >= 0.6 is 35.3 Å². The van der Waals surface area contributed by atoms with Gasteiger partial charge in [-0.25, -0.2) is 0 Å². The highest BCUT2D eigenvalue weighted by Gasteiger charge is 2.02. The summed E-state index contributed by atoms with van der Waals surface area (Å²) >= 11 is 1.75. The average molecular weight is 437 g/mol. The van der Waals surface area contributed by atoms with Crippen LogP contribution in [0.15, 0.2) is 65.0 Å². The second-order valence-electron chi connectivity index (χ2n) is 5.00. The van der Waals surface area contributed by atoms with Gasteiger partial charge in [-0.3, -0.25) is 4.99 Å². The largest absolute Gasteiger partial charge is 0.352 e. The van der Waals surface area contributed by atoms with Gasteiger partial charge in [-0.1, -0.05) is 48.5 Å². The van der Waals surface area contributed by atoms with Crippen LogP contribution in [-0.4, -0.2) is 13.0 Å². The Kier molecular flexibility index (Phi) is 6.85. The predicted octanol–water partition coefficient (Wildman–Crippen LogP) is 4.38. The van der Waals surface area contributed by atoms with Crippen molar-refractivity contribution >= 4 is 52.0 Å². The quantitative estimate of drug-likeness (QED) is 0.361. The summed E-state index contributed by atoms with van der Waals surface area (Å²) in [6.45, 7) is 1.55. The Labute approximate surface area is 157 Å². The minimum Gasteiger partial charge on any atom is -0.352 e. The molecule has 23 heavy (non-hydrogen) atoms. The van der Waals surface area contributed by atoms with E-state index in [2.05, 4.69) is 75.6 Å². The van der Waals surface area contributed by atoms with Crippen molar-refractivity contribution < 1.29 is 0 Å². The number of benzene rings is 2. The molecule has 1 aromatic heterocycles. The van der Waals surface area contributed by atoms with Gasteiger partial charge in [0.25, 0.3) is 0 Å². The predicted molar refractivity (Wildman–Crippen MR) is 111 cm³/mol. The van der Waals surface area contributed by atoms with E-state index in [4.69, 9.17) is 0 Å². The van der Waals surface area contributed by atoms with E-state index in [-0.39, 0.29) is 24.0 Å². The van der Waals surface area contributed by atoms with Gasteiger partial charge in [-0.2, -0.15) is 0 Å². The lowest BCUT2D eigenvalue weighted by Crippen LogP contribution is -2.36. The Morgan fingerprint density at radius 2 is 1.74 bits per heavy atom. The fourth-order valence-corrected chi connectivity index (χ4v) is 3.07. The normalized spacial score (nSPS) is 11.1. The van der Waals surface area contributed by atoms with Gasteiger partial charge in [0.15, 0.2) is 5.96 Å². The lowest BCUT2D eigenvalue weighted by molar-refractivity contribution is 0.818. The molecule has 0 aliphatic carbocycles. The Morgan fingerprint density at radius 1 is 0.957 bits per heavy atom. The number of fused-ring (bicyclic) bond motifs is 1. The molecule has 1 heterocycles. The van der Waals surface area contributed by atoms with Crippen LogP contribution in [0.2, 0.25) is 0 Å². The summed E-state index contributed by atoms with van der Waals surface area (Å²) in [4.78, 5) is 5.58. The highest BCUT2D eigenvalue weighted by atomic mass is 127. The zero-order valence-electron chi connectivity index (χ0n) is 13.0. The molecule has 0 bridgehead atoms. The molecule has 3 rings (SSSR count). The molecule has 0 aliphatic rings. The molecule has 120 valence electrons. The zero-order valence-corrected chi connectivity index (χ0v) is 16.1. The summed E-state index contributed by atoms with van der Waals surface area (Å²) in [5.74, 6) is 0.821. The summed E-state index contributed by atoms with van der Waals surface area (Å²) in [5, 5.41) is 11.4. The minimum atomic E-state index is 0. The summed E-state index contributed by atoms with van der Waals surface area (Å²) in [5.41, 5.74) is 1.28. The van der Waals surface area contributed by atoms with Gasteiger partial charge in [-0.05, 0) is 27.8 Å². The molecule has 0 spiro atoms. The van der Waals surface area contributed by atoms with Crippen LogP contribution in [0, 0.1) is 0 Å². The van der Waals surface area contributed by atoms with Gasteiger partial charge in [0.2, 0.25) is 0 Å². The van der Waals surface area contributed by atoms with Gasteiger partial charge in [-0.15, -0.1) is 35.3 Å². The molecule has 0 aliphatic heterocycles. The van der Waals surface area contributed by atoms with Crippen molar-refractivity contribution in [3.63, 3.8) is 0 Å². The van der Waals surface area contributed by atoms with Crippen molar-refractivity contribution in [1.82, 2.24) is 10.6 Å². The first-order valence-corrected chi connectivity index (χ1v) is 8.18. The van der Waals surface area contributed by atoms with E-state index >= 15 is 0 Å². The number of hydrogen-bond acceptors (Lipinski definition) is 2. The number of thiophene rings is 1. The lowest BCUT2D eigenvalue weighted by atomic mass is 10.0. The molecular weight excluding hydrogens is 417 g/mol. The summed E-state index contributed by atoms with van der Waals surface area (Å²) in [7, 11) is 1.80. The van der Waals surface area contributed by atoms with E-state index in [0.29, 0.717) is 0 Å². The van der Waals surface area contributed by atoms with Crippen molar-refractivity contribution in [3.8, 4) is 0 Å². The van der Waals surface area contributed by atoms with Crippen LogP contribution in [0.3, 0.4) is 0 Å². The molecule has 5 heteroatoms. The third-order valence-electron chi connectivity index (χ3n) is 3.56. The third-order valence-corrected chi connectivity index (χ3v) is 4.44. The maximum absolute atomic E-state index is 4.28. The topological polar surface area (TPSA) is 36.4 Å². The molecule has 0 fully saturated rings. The van der Waals surface area contributed by atoms with Gasteiger partial charge < -0.3 is 10.6 Å². The molecule has 0 amide bonds. The Balaban J connectivity index is 0.00000192. The molecule has 0 radical (unpaired) electrons. The van der Waals surface area contributed by atoms with E-state index in [1.54, 1.807) is 18.4 Å². The standard InChI is InChI=1S/C18H19N3S.HI/c1-19-18(21-13-16-9-5-11-22-16)20-12-15-8-4-7-14-6-2-3-10-17(14)15;/h2-11H,12-13H2,1H3,(H2,19,20,21);1H. The fourth-order valence-electron chi connectivity index (χ4n) is 2.43. The van der Waals surface area contributed by atoms with E-state index in [1.807, 2.05) is 0 Å². The van der Waals surface area contributed by atoms with Crippen LogP contribution in [0.4, 0.5) is 0 Å². The van der Waals surface area contributed by atoms with Gasteiger partial charge in [0.1, 0.15) is 0 Å². The highest BCUT2D eigenvalue weighted by molar-refractivity contribution is 14.0. The van der Waals surface area contributed by atoms with E-state index in [0.717, 1.165) is 19.0 Å². The van der Waals surface area contributed by atoms with Crippen molar-refractivity contribution in [1.29, 1.82) is 0 Å². The van der Waals surface area contributed by atoms with Crippen LogP contribution in [0.1, 0.15) is 10.4 Å². The first-order chi connectivity index (χ1) is 10.9. The first kappa shape index (κ1) is 17.7. The number of halogens is 1. The number of hydrogen-bond donors (Lipinski definition) is 2. The fraction of sp³-hybridized carbons (Fsp3) is 0.167. The smallest absolute Gasteiger partial charge is 0.191 e. The van der Waals surface area contributed by atoms with Crippen molar-refractivity contribution in [3.05, 3.63) is 70.4 Å². The van der Waals surface area contributed by atoms with Crippen LogP contribution < -0.4 is 10.6 Å². The first-order valence-electron chi connectivity index (χ1n) is 7.30. The molecule has 0 unspecified atom stereocenters. The maximum atomic E-state index is 4.28. The molecule has 3 aromatic rings. The minimum absolute atomic E-state index is 0.